The Morgan fingerprint density at radius 2 is 1.92 bits per heavy atom. The van der Waals surface area contributed by atoms with Crippen molar-refractivity contribution in [3.05, 3.63) is 46.2 Å². The van der Waals surface area contributed by atoms with E-state index >= 15 is 0 Å². The van der Waals surface area contributed by atoms with Crippen LogP contribution in [0.15, 0.2) is 24.3 Å². The maximum absolute atomic E-state index is 14.3. The lowest BCUT2D eigenvalue weighted by Crippen LogP contribution is -2.38. The molecule has 1 amide bonds. The van der Waals surface area contributed by atoms with Crippen molar-refractivity contribution in [1.29, 1.82) is 0 Å². The number of hydrogen-bond donors (Lipinski definition) is 1. The monoisotopic (exact) mass is 346 g/mol. The van der Waals surface area contributed by atoms with Crippen LogP contribution in [0.3, 0.4) is 0 Å². The summed E-state index contributed by atoms with van der Waals surface area (Å²) in [6.45, 7) is 3.22. The van der Waals surface area contributed by atoms with E-state index in [1.54, 1.807) is 25.1 Å². The Morgan fingerprint density at radius 1 is 1.25 bits per heavy atom. The van der Waals surface area contributed by atoms with E-state index in [9.17, 15) is 14.0 Å². The molecule has 2 aromatic rings. The minimum Gasteiger partial charge on any atom is -0.301 e. The van der Waals surface area contributed by atoms with Gasteiger partial charge in [0.05, 0.1) is 16.0 Å². The van der Waals surface area contributed by atoms with Crippen LogP contribution in [-0.2, 0) is 10.2 Å². The minimum absolute atomic E-state index is 0.0739. The number of nitrogens with one attached hydrogen (secondary N) is 1. The molecule has 126 valence electrons. The summed E-state index contributed by atoms with van der Waals surface area (Å²) >= 11 is 1.17. The number of halogens is 1. The highest BCUT2D eigenvalue weighted by atomic mass is 32.1. The van der Waals surface area contributed by atoms with Crippen molar-refractivity contribution in [2.24, 2.45) is 0 Å². The first-order chi connectivity index (χ1) is 11.4. The summed E-state index contributed by atoms with van der Waals surface area (Å²) < 4.78 is 14.3. The van der Waals surface area contributed by atoms with Crippen molar-refractivity contribution in [3.63, 3.8) is 0 Å². The smallest absolute Gasteiger partial charge is 0.236 e. The molecule has 1 fully saturated rings. The van der Waals surface area contributed by atoms with Crippen LogP contribution >= 0.6 is 11.3 Å². The second kappa shape index (κ2) is 6.43. The number of anilines is 1. The summed E-state index contributed by atoms with van der Waals surface area (Å²) in [4.78, 5) is 29.3. The number of hydrogen-bond acceptors (Lipinski definition) is 4. The highest BCUT2D eigenvalue weighted by molar-refractivity contribution is 7.17. The SMILES string of the molecule is CC(=O)c1sc(NC(=O)C2(c3ccccc3F)CCCC2)nc1C. The first-order valence-electron chi connectivity index (χ1n) is 7.99. The number of amides is 1. The number of carbonyl (C=O) groups excluding carboxylic acids is 2. The average Bonchev–Trinajstić information content (AvgIpc) is 3.15. The molecule has 1 N–H and O–H groups in total. The molecule has 1 aromatic carbocycles. The largest absolute Gasteiger partial charge is 0.301 e. The van der Waals surface area contributed by atoms with Gasteiger partial charge in [-0.3, -0.25) is 9.59 Å². The molecule has 0 atom stereocenters. The molecule has 3 rings (SSSR count). The third-order valence-corrected chi connectivity index (χ3v) is 5.79. The molecule has 0 unspecified atom stereocenters. The normalized spacial score (nSPS) is 16.1. The van der Waals surface area contributed by atoms with Crippen molar-refractivity contribution in [1.82, 2.24) is 4.98 Å². The van der Waals surface area contributed by atoms with Gasteiger partial charge in [-0.05, 0) is 25.8 Å². The van der Waals surface area contributed by atoms with Gasteiger partial charge in [-0.1, -0.05) is 42.4 Å². The molecular formula is C18H19FN2O2S. The molecule has 6 heteroatoms. The summed E-state index contributed by atoms with van der Waals surface area (Å²) in [7, 11) is 0. The van der Waals surface area contributed by atoms with Crippen LogP contribution in [0.4, 0.5) is 9.52 Å². The summed E-state index contributed by atoms with van der Waals surface area (Å²) in [6.07, 6.45) is 3.00. The number of carbonyl (C=O) groups is 2. The van der Waals surface area contributed by atoms with Gasteiger partial charge < -0.3 is 5.32 Å². The molecule has 1 aliphatic carbocycles. The number of nitrogens with zero attached hydrogens (tertiary/aromatic N) is 1. The fraction of sp³-hybridized carbons (Fsp3) is 0.389. The fourth-order valence-electron chi connectivity index (χ4n) is 3.44. The van der Waals surface area contributed by atoms with Crippen LogP contribution in [-0.4, -0.2) is 16.7 Å². The predicted molar refractivity (Wildman–Crippen MR) is 92.0 cm³/mol. The summed E-state index contributed by atoms with van der Waals surface area (Å²) in [5, 5.41) is 3.21. The summed E-state index contributed by atoms with van der Waals surface area (Å²) in [5.74, 6) is -0.668. The van der Waals surface area contributed by atoms with Crippen molar-refractivity contribution in [2.75, 3.05) is 5.32 Å². The number of ketones is 1. The number of Topliss-reactive ketones (excluding diaryl/α,β-unsaturated/α-hetero) is 1. The lowest BCUT2D eigenvalue weighted by atomic mass is 9.77. The van der Waals surface area contributed by atoms with E-state index in [1.165, 1.54) is 24.3 Å². The molecule has 4 nitrogen and oxygen atoms in total. The Labute approximate surface area is 144 Å². The Kier molecular flexibility index (Phi) is 4.49. The van der Waals surface area contributed by atoms with Gasteiger partial charge in [-0.2, -0.15) is 0 Å². The number of aromatic nitrogens is 1. The lowest BCUT2D eigenvalue weighted by molar-refractivity contribution is -0.121. The van der Waals surface area contributed by atoms with Gasteiger partial charge in [0, 0.05) is 12.5 Å². The first kappa shape index (κ1) is 16.8. The van der Waals surface area contributed by atoms with E-state index in [1.807, 2.05) is 0 Å². The van der Waals surface area contributed by atoms with Crippen molar-refractivity contribution >= 4 is 28.2 Å². The maximum atomic E-state index is 14.3. The van der Waals surface area contributed by atoms with Crippen molar-refractivity contribution in [3.8, 4) is 0 Å². The van der Waals surface area contributed by atoms with E-state index in [2.05, 4.69) is 10.3 Å². The minimum atomic E-state index is -0.860. The van der Waals surface area contributed by atoms with Crippen molar-refractivity contribution in [2.45, 2.75) is 44.9 Å². The zero-order valence-corrected chi connectivity index (χ0v) is 14.5. The molecule has 1 aromatic heterocycles. The fourth-order valence-corrected chi connectivity index (χ4v) is 4.30. The Bertz CT molecular complexity index is 794. The predicted octanol–water partition coefficient (Wildman–Crippen LogP) is 4.24. The van der Waals surface area contributed by atoms with E-state index in [0.717, 1.165) is 12.8 Å². The second-order valence-corrected chi connectivity index (χ2v) is 7.21. The quantitative estimate of drug-likeness (QED) is 0.842. The Balaban J connectivity index is 1.93. The second-order valence-electron chi connectivity index (χ2n) is 6.21. The van der Waals surface area contributed by atoms with Gasteiger partial charge in [0.1, 0.15) is 5.82 Å². The molecule has 0 radical (unpaired) electrons. The van der Waals surface area contributed by atoms with Crippen LogP contribution in [0.5, 0.6) is 0 Å². The standard InChI is InChI=1S/C18H19FN2O2S/c1-11-15(12(2)22)24-17(20-11)21-16(23)18(9-5-6-10-18)13-7-3-4-8-14(13)19/h3-4,7-8H,5-6,9-10H2,1-2H3,(H,20,21,23). The molecular weight excluding hydrogens is 327 g/mol. The van der Waals surface area contributed by atoms with Crippen LogP contribution < -0.4 is 5.32 Å². The zero-order chi connectivity index (χ0) is 17.3. The van der Waals surface area contributed by atoms with E-state index < -0.39 is 5.41 Å². The number of benzene rings is 1. The van der Waals surface area contributed by atoms with E-state index in [0.29, 0.717) is 34.1 Å². The van der Waals surface area contributed by atoms with Crippen molar-refractivity contribution < 1.29 is 14.0 Å². The van der Waals surface area contributed by atoms with Crippen LogP contribution in [0.25, 0.3) is 0 Å². The third kappa shape index (κ3) is 2.86. The highest BCUT2D eigenvalue weighted by Gasteiger charge is 2.44. The number of aryl methyl sites for hydroxylation is 1. The van der Waals surface area contributed by atoms with Gasteiger partial charge >= 0.3 is 0 Å². The first-order valence-corrected chi connectivity index (χ1v) is 8.80. The molecule has 24 heavy (non-hydrogen) atoms. The zero-order valence-electron chi connectivity index (χ0n) is 13.7. The maximum Gasteiger partial charge on any atom is 0.236 e. The summed E-state index contributed by atoms with van der Waals surface area (Å²) in [5.41, 5.74) is 0.190. The highest BCUT2D eigenvalue weighted by Crippen LogP contribution is 2.43. The molecule has 0 spiro atoms. The molecule has 0 bridgehead atoms. The topological polar surface area (TPSA) is 59.1 Å². The molecule has 0 saturated heterocycles. The average molecular weight is 346 g/mol. The van der Waals surface area contributed by atoms with Crippen LogP contribution in [0.2, 0.25) is 0 Å². The number of thiazole rings is 1. The summed E-state index contributed by atoms with van der Waals surface area (Å²) in [6, 6.07) is 6.47. The Hall–Kier alpha value is -2.08. The van der Waals surface area contributed by atoms with E-state index in [-0.39, 0.29) is 17.5 Å². The van der Waals surface area contributed by atoms with Gasteiger partial charge in [0.15, 0.2) is 10.9 Å². The molecule has 1 saturated carbocycles. The van der Waals surface area contributed by atoms with E-state index in [4.69, 9.17) is 0 Å². The molecule has 1 aliphatic rings. The van der Waals surface area contributed by atoms with Crippen LogP contribution in [0.1, 0.15) is 53.5 Å². The van der Waals surface area contributed by atoms with Gasteiger partial charge in [-0.25, -0.2) is 9.37 Å². The molecule has 1 heterocycles. The van der Waals surface area contributed by atoms with Gasteiger partial charge in [0.2, 0.25) is 5.91 Å². The molecule has 0 aliphatic heterocycles. The Morgan fingerprint density at radius 3 is 2.50 bits per heavy atom. The van der Waals surface area contributed by atoms with Crippen LogP contribution in [0, 0.1) is 12.7 Å². The third-order valence-electron chi connectivity index (χ3n) is 4.62. The number of rotatable bonds is 4. The van der Waals surface area contributed by atoms with Gasteiger partial charge in [0.25, 0.3) is 0 Å². The van der Waals surface area contributed by atoms with Gasteiger partial charge in [-0.15, -0.1) is 0 Å². The lowest BCUT2D eigenvalue weighted by Gasteiger charge is -2.28.